The molecule has 3 aromatic heterocycles. The van der Waals surface area contributed by atoms with Crippen LogP contribution in [0.15, 0.2) is 88.3 Å². The van der Waals surface area contributed by atoms with E-state index in [4.69, 9.17) is 19.2 Å². The van der Waals surface area contributed by atoms with Crippen LogP contribution in [0.3, 0.4) is 0 Å². The lowest BCUT2D eigenvalue weighted by atomic mass is 9.97. The maximum Gasteiger partial charge on any atom is 0.263 e. The second kappa shape index (κ2) is 13.8. The normalized spacial score (nSPS) is 12.0. The number of nitrogens with one attached hydrogen (secondary N) is 1. The molecule has 1 N–H and O–H groups in total. The monoisotopic (exact) mass is 702 g/mol. The average Bonchev–Trinajstić information content (AvgIpc) is 3.76. The van der Waals surface area contributed by atoms with Crippen molar-refractivity contribution in [3.63, 3.8) is 0 Å². The molecule has 0 aliphatic rings. The molecule has 0 fully saturated rings. The smallest absolute Gasteiger partial charge is 0.263 e. The Morgan fingerprint density at radius 1 is 0.882 bits per heavy atom. The van der Waals surface area contributed by atoms with Crippen molar-refractivity contribution in [1.82, 2.24) is 24.3 Å². The molecule has 4 aromatic carbocycles. The van der Waals surface area contributed by atoms with Crippen molar-refractivity contribution in [2.45, 2.75) is 65.5 Å². The van der Waals surface area contributed by atoms with Crippen LogP contribution >= 0.6 is 0 Å². The summed E-state index contributed by atoms with van der Waals surface area (Å²) >= 11 is 0. The van der Waals surface area contributed by atoms with Crippen LogP contribution < -0.4 is 4.72 Å². The van der Waals surface area contributed by atoms with Gasteiger partial charge < -0.3 is 18.4 Å². The fourth-order valence-electron chi connectivity index (χ4n) is 6.71. The molecule has 10 nitrogen and oxygen atoms in total. The molecule has 11 heteroatoms. The maximum absolute atomic E-state index is 13.8. The van der Waals surface area contributed by atoms with E-state index in [1.807, 2.05) is 43.3 Å². The van der Waals surface area contributed by atoms with E-state index in [0.717, 1.165) is 74.4 Å². The van der Waals surface area contributed by atoms with E-state index in [0.29, 0.717) is 36.6 Å². The van der Waals surface area contributed by atoms with Crippen molar-refractivity contribution in [3.05, 3.63) is 113 Å². The highest BCUT2D eigenvalue weighted by molar-refractivity contribution is 7.92. The molecule has 0 saturated heterocycles. The first kappa shape index (κ1) is 34.2. The number of aryl methyl sites for hydroxylation is 4. The molecule has 262 valence electrons. The lowest BCUT2D eigenvalue weighted by Gasteiger charge is -2.17. The van der Waals surface area contributed by atoms with Crippen molar-refractivity contribution in [1.29, 1.82) is 0 Å². The van der Waals surface area contributed by atoms with Gasteiger partial charge in [0.2, 0.25) is 0 Å². The number of hydrogen-bond acceptors (Lipinski definition) is 7. The van der Waals surface area contributed by atoms with E-state index in [9.17, 15) is 8.42 Å². The number of para-hydroxylation sites is 2. The minimum Gasteiger partial charge on any atom is -0.377 e. The number of sulfonamides is 1. The topological polar surface area (TPSA) is 117 Å². The third kappa shape index (κ3) is 6.43. The number of hydrogen-bond donors (Lipinski definition) is 1. The van der Waals surface area contributed by atoms with Crippen LogP contribution in [0.1, 0.15) is 54.1 Å². The number of fused-ring (bicyclic) bond motifs is 2. The Hall–Kier alpha value is -5.26. The highest BCUT2D eigenvalue weighted by Gasteiger charge is 2.24. The fraction of sp³-hybridized carbons (Fsp3) is 0.275. The van der Waals surface area contributed by atoms with Gasteiger partial charge in [-0.1, -0.05) is 60.6 Å². The van der Waals surface area contributed by atoms with Crippen LogP contribution in [0.2, 0.25) is 0 Å². The molecule has 0 atom stereocenters. The summed E-state index contributed by atoms with van der Waals surface area (Å²) in [5, 5.41) is 3.92. The largest absolute Gasteiger partial charge is 0.377 e. The molecule has 0 aliphatic carbocycles. The SMILES string of the molecule is CCCc1nc2c(C)cc(-c3nc4ccccc4n3C)cc2n1Cc1ccc(-c2ccccc2S(=O)(=O)Nc2noc(C)c2C)c(COCC)c1. The third-order valence-corrected chi connectivity index (χ3v) is 10.9. The molecule has 0 amide bonds. The summed E-state index contributed by atoms with van der Waals surface area (Å²) in [5.41, 5.74) is 10.2. The van der Waals surface area contributed by atoms with Crippen molar-refractivity contribution in [3.8, 4) is 22.5 Å². The van der Waals surface area contributed by atoms with Crippen molar-refractivity contribution in [2.24, 2.45) is 7.05 Å². The van der Waals surface area contributed by atoms with Crippen molar-refractivity contribution < 1.29 is 17.7 Å². The molecular formula is C40H42N6O4S. The van der Waals surface area contributed by atoms with Gasteiger partial charge in [0.15, 0.2) is 5.82 Å². The van der Waals surface area contributed by atoms with Gasteiger partial charge in [0.05, 0.1) is 33.6 Å². The van der Waals surface area contributed by atoms with Crippen LogP contribution in [0.5, 0.6) is 0 Å². The fourth-order valence-corrected chi connectivity index (χ4v) is 7.99. The van der Waals surface area contributed by atoms with Crippen LogP contribution in [-0.2, 0) is 41.4 Å². The first-order chi connectivity index (χ1) is 24.6. The van der Waals surface area contributed by atoms with E-state index in [-0.39, 0.29) is 10.7 Å². The van der Waals surface area contributed by atoms with Crippen LogP contribution in [0.4, 0.5) is 5.82 Å². The predicted octanol–water partition coefficient (Wildman–Crippen LogP) is 8.51. The second-order valence-electron chi connectivity index (χ2n) is 13.0. The zero-order valence-electron chi connectivity index (χ0n) is 29.8. The number of ether oxygens (including phenoxy) is 1. The Kier molecular flexibility index (Phi) is 9.26. The Morgan fingerprint density at radius 3 is 2.41 bits per heavy atom. The van der Waals surface area contributed by atoms with Crippen LogP contribution in [0, 0.1) is 20.8 Å². The lowest BCUT2D eigenvalue weighted by Crippen LogP contribution is -2.15. The minimum atomic E-state index is -4.00. The van der Waals surface area contributed by atoms with Crippen LogP contribution in [0.25, 0.3) is 44.6 Å². The zero-order chi connectivity index (χ0) is 35.9. The van der Waals surface area contributed by atoms with Crippen LogP contribution in [-0.4, -0.2) is 39.3 Å². The quantitative estimate of drug-likeness (QED) is 0.136. The first-order valence-electron chi connectivity index (χ1n) is 17.3. The van der Waals surface area contributed by atoms with Crippen molar-refractivity contribution >= 4 is 37.9 Å². The minimum absolute atomic E-state index is 0.145. The van der Waals surface area contributed by atoms with Gasteiger partial charge in [0.25, 0.3) is 10.0 Å². The van der Waals surface area contributed by atoms with Crippen molar-refractivity contribution in [2.75, 3.05) is 11.3 Å². The summed E-state index contributed by atoms with van der Waals surface area (Å²) in [6.07, 6.45) is 1.80. The molecule has 51 heavy (non-hydrogen) atoms. The number of anilines is 1. The standard InChI is InChI=1S/C40H42N6O4S/c1-7-13-37-42-38-25(3)20-29(40-41-33-15-10-11-16-34(33)45(40)6)22-35(38)46(37)23-28-18-19-31(30(21-28)24-49-8-2)32-14-9-12-17-36(32)51(47,48)44-39-26(4)27(5)50-43-39/h9-12,14-22H,7-8,13,23-24H2,1-6H3,(H,43,44). The summed E-state index contributed by atoms with van der Waals surface area (Å²) in [5.74, 6) is 2.66. The second-order valence-corrected chi connectivity index (χ2v) is 14.6. The molecule has 7 aromatic rings. The zero-order valence-corrected chi connectivity index (χ0v) is 30.6. The van der Waals surface area contributed by atoms with Gasteiger partial charge in [0, 0.05) is 43.3 Å². The Morgan fingerprint density at radius 2 is 1.67 bits per heavy atom. The molecule has 3 heterocycles. The molecule has 0 bridgehead atoms. The van der Waals surface area contributed by atoms with Gasteiger partial charge in [-0.15, -0.1) is 0 Å². The van der Waals surface area contributed by atoms with Gasteiger partial charge in [-0.2, -0.15) is 0 Å². The molecule has 0 unspecified atom stereocenters. The summed E-state index contributed by atoms with van der Waals surface area (Å²) in [7, 11) is -1.94. The number of imidazole rings is 2. The summed E-state index contributed by atoms with van der Waals surface area (Å²) < 4.78 is 45.8. The summed E-state index contributed by atoms with van der Waals surface area (Å²) in [6, 6.07) is 25.8. The van der Waals surface area contributed by atoms with E-state index in [2.05, 4.69) is 70.2 Å². The Bertz CT molecular complexity index is 2510. The highest BCUT2D eigenvalue weighted by atomic mass is 32.2. The molecule has 0 saturated carbocycles. The Balaban J connectivity index is 1.30. The van der Waals surface area contributed by atoms with Gasteiger partial charge in [-0.05, 0) is 86.7 Å². The highest BCUT2D eigenvalue weighted by Crippen LogP contribution is 2.34. The van der Waals surface area contributed by atoms with Gasteiger partial charge in [-0.3, -0.25) is 4.72 Å². The molecule has 0 radical (unpaired) electrons. The van der Waals surface area contributed by atoms with E-state index in [1.54, 1.807) is 26.0 Å². The van der Waals surface area contributed by atoms with Gasteiger partial charge >= 0.3 is 0 Å². The molecule has 0 spiro atoms. The summed E-state index contributed by atoms with van der Waals surface area (Å²) in [6.45, 7) is 11.2. The summed E-state index contributed by atoms with van der Waals surface area (Å²) in [4.78, 5) is 10.3. The maximum atomic E-state index is 13.8. The number of nitrogens with zero attached hydrogens (tertiary/aromatic N) is 5. The van der Waals surface area contributed by atoms with E-state index >= 15 is 0 Å². The molecule has 0 aliphatic heterocycles. The molecular weight excluding hydrogens is 661 g/mol. The molecule has 7 rings (SSSR count). The third-order valence-electron chi connectivity index (χ3n) is 9.47. The number of benzene rings is 4. The van der Waals surface area contributed by atoms with Gasteiger partial charge in [0.1, 0.15) is 17.4 Å². The lowest BCUT2D eigenvalue weighted by molar-refractivity contribution is 0.134. The average molecular weight is 703 g/mol. The predicted molar refractivity (Wildman–Crippen MR) is 201 cm³/mol. The Labute approximate surface area is 298 Å². The number of aromatic nitrogens is 5. The van der Waals surface area contributed by atoms with E-state index < -0.39 is 10.0 Å². The van der Waals surface area contributed by atoms with E-state index in [1.165, 1.54) is 0 Å². The number of rotatable bonds is 12. The first-order valence-corrected chi connectivity index (χ1v) is 18.7. The van der Waals surface area contributed by atoms with Gasteiger partial charge in [-0.25, -0.2) is 18.4 Å².